The van der Waals surface area contributed by atoms with Crippen LogP contribution in [0.2, 0.25) is 0 Å². The number of aryl methyl sites for hydroxylation is 2. The first-order valence-electron chi connectivity index (χ1n) is 10.6. The second-order valence-corrected chi connectivity index (χ2v) is 8.14. The second kappa shape index (κ2) is 8.71. The maximum absolute atomic E-state index is 13.7. The lowest BCUT2D eigenvalue weighted by atomic mass is 10.0. The van der Waals surface area contributed by atoms with E-state index in [-0.39, 0.29) is 17.7 Å². The van der Waals surface area contributed by atoms with E-state index in [2.05, 4.69) is 5.32 Å². The van der Waals surface area contributed by atoms with E-state index in [1.165, 1.54) is 4.90 Å². The maximum Gasteiger partial charge on any atom is 0.282 e. The number of carbonyl (C=O) groups is 2. The minimum absolute atomic E-state index is 0.0990. The number of hydrogen-bond donors (Lipinski definition) is 1. The van der Waals surface area contributed by atoms with Crippen molar-refractivity contribution < 1.29 is 14.3 Å². The summed E-state index contributed by atoms with van der Waals surface area (Å²) in [6, 6.07) is 22.4. The number of nitrogens with one attached hydrogen (secondary N) is 1. The van der Waals surface area contributed by atoms with Crippen molar-refractivity contribution in [1.82, 2.24) is 0 Å². The molecule has 3 aromatic carbocycles. The van der Waals surface area contributed by atoms with E-state index >= 15 is 0 Å². The lowest BCUT2D eigenvalue weighted by Crippen LogP contribution is -2.33. The van der Waals surface area contributed by atoms with E-state index in [0.29, 0.717) is 22.6 Å². The maximum atomic E-state index is 13.7. The number of rotatable bonds is 6. The minimum Gasteiger partial charge on any atom is -0.489 e. The highest BCUT2D eigenvalue weighted by Gasteiger charge is 2.41. The fourth-order valence-electron chi connectivity index (χ4n) is 3.74. The zero-order chi connectivity index (χ0) is 22.8. The molecule has 4 rings (SSSR count). The highest BCUT2D eigenvalue weighted by molar-refractivity contribution is 6.46. The summed E-state index contributed by atoms with van der Waals surface area (Å²) in [4.78, 5) is 28.5. The topological polar surface area (TPSA) is 58.6 Å². The molecule has 0 aliphatic carbocycles. The minimum atomic E-state index is -0.408. The monoisotopic (exact) mass is 426 g/mol. The van der Waals surface area contributed by atoms with E-state index in [0.717, 1.165) is 16.8 Å². The van der Waals surface area contributed by atoms with E-state index in [1.807, 2.05) is 82.3 Å². The third-order valence-corrected chi connectivity index (χ3v) is 5.27. The first kappa shape index (κ1) is 21.4. The van der Waals surface area contributed by atoms with Crippen LogP contribution in [0.3, 0.4) is 0 Å². The van der Waals surface area contributed by atoms with Crippen LogP contribution in [0.25, 0.3) is 5.57 Å². The van der Waals surface area contributed by atoms with Gasteiger partial charge in [0.2, 0.25) is 0 Å². The molecule has 0 spiro atoms. The van der Waals surface area contributed by atoms with Crippen LogP contribution in [0.5, 0.6) is 5.75 Å². The fraction of sp³-hybridized carbons (Fsp3) is 0.185. The van der Waals surface area contributed by atoms with Crippen LogP contribution in [-0.2, 0) is 9.59 Å². The second-order valence-electron chi connectivity index (χ2n) is 8.14. The van der Waals surface area contributed by atoms with E-state index in [9.17, 15) is 9.59 Å². The van der Waals surface area contributed by atoms with Crippen LogP contribution in [-0.4, -0.2) is 17.9 Å². The van der Waals surface area contributed by atoms with Gasteiger partial charge in [0.05, 0.1) is 17.4 Å². The van der Waals surface area contributed by atoms with Crippen molar-refractivity contribution >= 4 is 28.8 Å². The van der Waals surface area contributed by atoms with Crippen molar-refractivity contribution in [1.29, 1.82) is 0 Å². The molecule has 0 unspecified atom stereocenters. The molecule has 2 amide bonds. The van der Waals surface area contributed by atoms with Gasteiger partial charge >= 0.3 is 0 Å². The van der Waals surface area contributed by atoms with Crippen molar-refractivity contribution in [3.05, 3.63) is 95.2 Å². The van der Waals surface area contributed by atoms with Crippen LogP contribution in [0, 0.1) is 13.8 Å². The van der Waals surface area contributed by atoms with Crippen molar-refractivity contribution in [2.45, 2.75) is 33.8 Å². The number of nitrogens with zero attached hydrogens (tertiary/aromatic N) is 1. The van der Waals surface area contributed by atoms with Gasteiger partial charge in [0.1, 0.15) is 11.4 Å². The Balaban J connectivity index is 1.84. The molecule has 0 bridgehead atoms. The smallest absolute Gasteiger partial charge is 0.282 e. The fourth-order valence-corrected chi connectivity index (χ4v) is 3.74. The van der Waals surface area contributed by atoms with Crippen molar-refractivity contribution in [3.8, 4) is 5.75 Å². The molecule has 0 saturated heterocycles. The Morgan fingerprint density at radius 1 is 0.844 bits per heavy atom. The van der Waals surface area contributed by atoms with Crippen LogP contribution in [0.4, 0.5) is 11.4 Å². The summed E-state index contributed by atoms with van der Waals surface area (Å²) in [5.74, 6) is -0.298. The first-order valence-corrected chi connectivity index (χ1v) is 10.6. The standard InChI is InChI=1S/C27H26N2O3/c1-17(2)32-23-13-9-8-12-22(23)29-26(30)24(20-10-6-5-7-11-20)25(27(29)31)28-21-16-18(3)14-15-19(21)4/h5-17,28H,1-4H3. The van der Waals surface area contributed by atoms with Gasteiger partial charge in [-0.25, -0.2) is 4.90 Å². The van der Waals surface area contributed by atoms with Gasteiger partial charge in [-0.15, -0.1) is 0 Å². The number of benzene rings is 3. The number of hydrogen-bond acceptors (Lipinski definition) is 4. The van der Waals surface area contributed by atoms with E-state index in [1.54, 1.807) is 18.2 Å². The van der Waals surface area contributed by atoms with Crippen molar-refractivity contribution in [3.63, 3.8) is 0 Å². The van der Waals surface area contributed by atoms with Crippen LogP contribution in [0.15, 0.2) is 78.5 Å². The Bertz CT molecular complexity index is 1210. The van der Waals surface area contributed by atoms with Gasteiger partial charge in [-0.05, 0) is 62.6 Å². The molecular weight excluding hydrogens is 400 g/mol. The number of carbonyl (C=O) groups excluding carboxylic acids is 2. The zero-order valence-corrected chi connectivity index (χ0v) is 18.7. The summed E-state index contributed by atoms with van der Waals surface area (Å²) in [7, 11) is 0. The zero-order valence-electron chi connectivity index (χ0n) is 18.7. The van der Waals surface area contributed by atoms with E-state index in [4.69, 9.17) is 4.74 Å². The molecule has 1 N–H and O–H groups in total. The Morgan fingerprint density at radius 3 is 2.25 bits per heavy atom. The predicted octanol–water partition coefficient (Wildman–Crippen LogP) is 5.49. The third-order valence-electron chi connectivity index (χ3n) is 5.27. The van der Waals surface area contributed by atoms with Gasteiger partial charge < -0.3 is 10.1 Å². The molecule has 0 radical (unpaired) electrons. The van der Waals surface area contributed by atoms with Crippen molar-refractivity contribution in [2.75, 3.05) is 10.2 Å². The van der Waals surface area contributed by atoms with Crippen LogP contribution in [0.1, 0.15) is 30.5 Å². The molecule has 1 heterocycles. The number of anilines is 2. The molecule has 1 aliphatic heterocycles. The summed E-state index contributed by atoms with van der Waals surface area (Å²) in [6.45, 7) is 7.77. The van der Waals surface area contributed by atoms with Gasteiger partial charge in [-0.3, -0.25) is 9.59 Å². The summed E-state index contributed by atoms with van der Waals surface area (Å²) < 4.78 is 5.90. The lowest BCUT2D eigenvalue weighted by molar-refractivity contribution is -0.120. The lowest BCUT2D eigenvalue weighted by Gasteiger charge is -2.20. The molecule has 0 saturated carbocycles. The Labute approximate surface area is 188 Å². The molecule has 162 valence electrons. The summed E-state index contributed by atoms with van der Waals surface area (Å²) in [5, 5.41) is 3.27. The number of amides is 2. The first-order chi connectivity index (χ1) is 15.4. The highest BCUT2D eigenvalue weighted by Crippen LogP contribution is 2.38. The van der Waals surface area contributed by atoms with Gasteiger partial charge in [0, 0.05) is 5.69 Å². The third kappa shape index (κ3) is 4.02. The normalized spacial score (nSPS) is 13.8. The average Bonchev–Trinajstić information content (AvgIpc) is 3.01. The molecule has 0 atom stereocenters. The Hall–Kier alpha value is -3.86. The molecule has 0 fully saturated rings. The molecule has 5 heteroatoms. The summed E-state index contributed by atoms with van der Waals surface area (Å²) in [6.07, 6.45) is -0.0990. The van der Waals surface area contributed by atoms with Gasteiger partial charge in [-0.2, -0.15) is 0 Å². The van der Waals surface area contributed by atoms with Crippen LogP contribution >= 0.6 is 0 Å². The highest BCUT2D eigenvalue weighted by atomic mass is 16.5. The SMILES string of the molecule is Cc1ccc(C)c(NC2=C(c3ccccc3)C(=O)N(c3ccccc3OC(C)C)C2=O)c1. The number of imide groups is 1. The van der Waals surface area contributed by atoms with Gasteiger partial charge in [0.15, 0.2) is 0 Å². The largest absolute Gasteiger partial charge is 0.489 e. The van der Waals surface area contributed by atoms with Crippen molar-refractivity contribution in [2.24, 2.45) is 0 Å². The molecular formula is C27H26N2O3. The number of ether oxygens (including phenoxy) is 1. The molecule has 3 aromatic rings. The summed E-state index contributed by atoms with van der Waals surface area (Å²) in [5.41, 5.74) is 4.56. The molecule has 5 nitrogen and oxygen atoms in total. The van der Waals surface area contributed by atoms with Gasteiger partial charge in [-0.1, -0.05) is 54.6 Å². The van der Waals surface area contributed by atoms with Gasteiger partial charge in [0.25, 0.3) is 11.8 Å². The molecule has 1 aliphatic rings. The predicted molar refractivity (Wildman–Crippen MR) is 128 cm³/mol. The summed E-state index contributed by atoms with van der Waals surface area (Å²) >= 11 is 0. The number of para-hydroxylation sites is 2. The molecule has 32 heavy (non-hydrogen) atoms. The molecule has 0 aromatic heterocycles. The van der Waals surface area contributed by atoms with E-state index < -0.39 is 5.91 Å². The van der Waals surface area contributed by atoms with Crippen LogP contribution < -0.4 is 15.0 Å². The Morgan fingerprint density at radius 2 is 1.53 bits per heavy atom. The average molecular weight is 427 g/mol. The Kier molecular flexibility index (Phi) is 5.82. The quantitative estimate of drug-likeness (QED) is 0.530.